The third-order valence-corrected chi connectivity index (χ3v) is 1.76. The van der Waals surface area contributed by atoms with Gasteiger partial charge in [-0.3, -0.25) is 0 Å². The van der Waals surface area contributed by atoms with E-state index < -0.39 is 0 Å². The number of hydrogen-bond donors (Lipinski definition) is 2. The Hall–Kier alpha value is -1.02. The molecule has 0 spiro atoms. The Morgan fingerprint density at radius 3 is 2.15 bits per heavy atom. The van der Waals surface area contributed by atoms with Crippen LogP contribution in [0.15, 0.2) is 24.3 Å². The van der Waals surface area contributed by atoms with Gasteiger partial charge in [0.1, 0.15) is 5.75 Å². The minimum Gasteiger partial charge on any atom is -0.508 e. The summed E-state index contributed by atoms with van der Waals surface area (Å²) in [6.45, 7) is 2.18. The second-order valence-corrected chi connectivity index (χ2v) is 2.77. The van der Waals surface area contributed by atoms with Crippen molar-refractivity contribution >= 4 is 0 Å². The van der Waals surface area contributed by atoms with E-state index in [4.69, 9.17) is 10.2 Å². The Morgan fingerprint density at radius 2 is 1.69 bits per heavy atom. The van der Waals surface area contributed by atoms with Gasteiger partial charge in [0, 0.05) is 0 Å². The van der Waals surface area contributed by atoms with Gasteiger partial charge in [-0.2, -0.15) is 0 Å². The third kappa shape index (κ3) is 5.26. The zero-order valence-corrected chi connectivity index (χ0v) is 8.03. The molecule has 0 fully saturated rings. The van der Waals surface area contributed by atoms with E-state index in [1.54, 1.807) is 12.1 Å². The molecule has 0 aliphatic carbocycles. The van der Waals surface area contributed by atoms with Crippen molar-refractivity contribution in [3.05, 3.63) is 36.9 Å². The molecule has 73 valence electrons. The Kier molecular flexibility index (Phi) is 7.02. The first kappa shape index (κ1) is 12.0. The molecule has 0 aliphatic heterocycles. The average molecular weight is 181 g/mol. The molecule has 0 unspecified atom stereocenters. The van der Waals surface area contributed by atoms with E-state index in [-0.39, 0.29) is 0 Å². The lowest BCUT2D eigenvalue weighted by Crippen LogP contribution is -1.82. The van der Waals surface area contributed by atoms with Gasteiger partial charge in [-0.25, -0.2) is 0 Å². The van der Waals surface area contributed by atoms with E-state index in [2.05, 4.69) is 14.0 Å². The normalized spacial score (nSPS) is 8.85. The lowest BCUT2D eigenvalue weighted by atomic mass is 10.1. The average Bonchev–Trinajstić information content (AvgIpc) is 2.20. The summed E-state index contributed by atoms with van der Waals surface area (Å²) in [6, 6.07) is 7.44. The van der Waals surface area contributed by atoms with Crippen molar-refractivity contribution in [1.29, 1.82) is 0 Å². The van der Waals surface area contributed by atoms with Crippen LogP contribution in [-0.4, -0.2) is 10.2 Å². The fraction of sp³-hybridized carbons (Fsp3) is 0.364. The van der Waals surface area contributed by atoms with E-state index in [0.717, 1.165) is 6.42 Å². The molecule has 0 bridgehead atoms. The first-order valence-electron chi connectivity index (χ1n) is 4.42. The highest BCUT2D eigenvalue weighted by atomic mass is 16.3. The van der Waals surface area contributed by atoms with Crippen molar-refractivity contribution in [2.45, 2.75) is 26.2 Å². The molecule has 13 heavy (non-hydrogen) atoms. The molecule has 1 aromatic carbocycles. The SMILES string of the molecule is CCCCc1ccc(O)cc1.[CH2]O. The first-order valence-corrected chi connectivity index (χ1v) is 4.42. The predicted octanol–water partition coefficient (Wildman–Crippen LogP) is 2.89. The highest BCUT2D eigenvalue weighted by Crippen LogP contribution is 2.11. The number of rotatable bonds is 3. The van der Waals surface area contributed by atoms with Crippen LogP contribution in [0.25, 0.3) is 0 Å². The van der Waals surface area contributed by atoms with Crippen molar-refractivity contribution in [1.82, 2.24) is 0 Å². The van der Waals surface area contributed by atoms with Crippen LogP contribution >= 0.6 is 0 Å². The molecule has 1 radical (unpaired) electrons. The summed E-state index contributed by atoms with van der Waals surface area (Å²) in [5, 5.41) is 15.7. The molecule has 0 aliphatic rings. The molecule has 1 rings (SSSR count). The number of aliphatic hydroxyl groups is 1. The van der Waals surface area contributed by atoms with Crippen LogP contribution in [-0.2, 0) is 6.42 Å². The number of phenols is 1. The summed E-state index contributed by atoms with van der Waals surface area (Å²) in [5.41, 5.74) is 1.31. The quantitative estimate of drug-likeness (QED) is 0.752. The van der Waals surface area contributed by atoms with Crippen LogP contribution < -0.4 is 0 Å². The van der Waals surface area contributed by atoms with Gasteiger partial charge in [-0.05, 0) is 30.5 Å². The lowest BCUT2D eigenvalue weighted by molar-refractivity contribution is 0.464. The number of aliphatic hydroxyl groups excluding tert-OH is 1. The van der Waals surface area contributed by atoms with Crippen LogP contribution in [0.2, 0.25) is 0 Å². The summed E-state index contributed by atoms with van der Waals surface area (Å²) in [5.74, 6) is 0.352. The van der Waals surface area contributed by atoms with Crippen molar-refractivity contribution < 1.29 is 10.2 Å². The Bertz CT molecular complexity index is 204. The summed E-state index contributed by atoms with van der Waals surface area (Å²) in [6.07, 6.45) is 3.57. The number of aromatic hydroxyl groups is 1. The summed E-state index contributed by atoms with van der Waals surface area (Å²) < 4.78 is 0. The molecular formula is C11H17O2. The van der Waals surface area contributed by atoms with Crippen LogP contribution in [0.5, 0.6) is 5.75 Å². The van der Waals surface area contributed by atoms with Crippen LogP contribution in [0.1, 0.15) is 25.3 Å². The van der Waals surface area contributed by atoms with Crippen molar-refractivity contribution in [3.63, 3.8) is 0 Å². The topological polar surface area (TPSA) is 40.5 Å². The van der Waals surface area contributed by atoms with E-state index in [9.17, 15) is 0 Å². The van der Waals surface area contributed by atoms with E-state index in [0.29, 0.717) is 5.75 Å². The molecule has 1 aromatic rings. The highest BCUT2D eigenvalue weighted by Gasteiger charge is 1.91. The number of unbranched alkanes of at least 4 members (excludes halogenated alkanes) is 1. The first-order chi connectivity index (χ1) is 6.33. The third-order valence-electron chi connectivity index (χ3n) is 1.76. The number of benzene rings is 1. The van der Waals surface area contributed by atoms with Gasteiger partial charge in [-0.15, -0.1) is 0 Å². The smallest absolute Gasteiger partial charge is 0.115 e. The van der Waals surface area contributed by atoms with Gasteiger partial charge >= 0.3 is 0 Å². The Balaban J connectivity index is 0.000000671. The van der Waals surface area contributed by atoms with Gasteiger partial charge in [-0.1, -0.05) is 25.5 Å². The number of hydrogen-bond acceptors (Lipinski definition) is 2. The van der Waals surface area contributed by atoms with Crippen LogP contribution in [0.4, 0.5) is 0 Å². The van der Waals surface area contributed by atoms with Gasteiger partial charge in [0.05, 0.1) is 7.11 Å². The molecule has 0 amide bonds. The second-order valence-electron chi connectivity index (χ2n) is 2.77. The fourth-order valence-corrected chi connectivity index (χ4v) is 1.04. The van der Waals surface area contributed by atoms with Gasteiger partial charge in [0.15, 0.2) is 0 Å². The Morgan fingerprint density at radius 1 is 1.15 bits per heavy atom. The lowest BCUT2D eigenvalue weighted by Gasteiger charge is -1.98. The molecule has 0 aromatic heterocycles. The van der Waals surface area contributed by atoms with E-state index in [1.807, 2.05) is 12.1 Å². The number of phenolic OH excluding ortho intramolecular Hbond substituents is 1. The molecule has 0 saturated carbocycles. The van der Waals surface area contributed by atoms with E-state index in [1.165, 1.54) is 18.4 Å². The van der Waals surface area contributed by atoms with Crippen LogP contribution in [0, 0.1) is 7.11 Å². The van der Waals surface area contributed by atoms with Crippen molar-refractivity contribution in [3.8, 4) is 5.75 Å². The summed E-state index contributed by atoms with van der Waals surface area (Å²) in [4.78, 5) is 0. The molecule has 0 atom stereocenters. The molecule has 0 saturated heterocycles. The summed E-state index contributed by atoms with van der Waals surface area (Å²) >= 11 is 0. The largest absolute Gasteiger partial charge is 0.508 e. The van der Waals surface area contributed by atoms with Gasteiger partial charge in [0.25, 0.3) is 0 Å². The fourth-order valence-electron chi connectivity index (χ4n) is 1.04. The molecular weight excluding hydrogens is 164 g/mol. The molecule has 0 heterocycles. The molecule has 2 nitrogen and oxygen atoms in total. The molecule has 2 heteroatoms. The predicted molar refractivity (Wildman–Crippen MR) is 54.0 cm³/mol. The van der Waals surface area contributed by atoms with Crippen molar-refractivity contribution in [2.75, 3.05) is 0 Å². The van der Waals surface area contributed by atoms with Crippen LogP contribution in [0.3, 0.4) is 0 Å². The zero-order chi connectivity index (χ0) is 10.1. The van der Waals surface area contributed by atoms with E-state index >= 15 is 0 Å². The maximum Gasteiger partial charge on any atom is 0.115 e. The number of aryl methyl sites for hydroxylation is 1. The van der Waals surface area contributed by atoms with Crippen molar-refractivity contribution in [2.24, 2.45) is 0 Å². The standard InChI is InChI=1S/C10H14O.CH3O/c1-2-3-4-9-5-7-10(11)8-6-9;1-2/h5-8,11H,2-4H2,1H3;2H,1H2. The minimum atomic E-state index is 0.352. The highest BCUT2D eigenvalue weighted by molar-refractivity contribution is 5.25. The maximum atomic E-state index is 8.98. The zero-order valence-electron chi connectivity index (χ0n) is 8.03. The van der Waals surface area contributed by atoms with Gasteiger partial charge in [0.2, 0.25) is 0 Å². The summed E-state index contributed by atoms with van der Waals surface area (Å²) in [7, 11) is 2.25. The molecule has 2 N–H and O–H groups in total. The maximum absolute atomic E-state index is 8.98. The minimum absolute atomic E-state index is 0.352. The second kappa shape index (κ2) is 7.62. The van der Waals surface area contributed by atoms with Gasteiger partial charge < -0.3 is 10.2 Å². The monoisotopic (exact) mass is 181 g/mol. The Labute approximate surface area is 79.9 Å².